The van der Waals surface area contributed by atoms with E-state index >= 15 is 0 Å². The van der Waals surface area contributed by atoms with Crippen LogP contribution < -0.4 is 0 Å². The quantitative estimate of drug-likeness (QED) is 0.0222. The van der Waals surface area contributed by atoms with Crippen LogP contribution in [0.15, 0.2) is 0 Å². The van der Waals surface area contributed by atoms with Gasteiger partial charge in [-0.3, -0.25) is 37.3 Å². The summed E-state index contributed by atoms with van der Waals surface area (Å²) in [5.41, 5.74) is 0. The van der Waals surface area contributed by atoms with Crippen molar-refractivity contribution in [1.29, 1.82) is 0 Å². The zero-order valence-corrected chi connectivity index (χ0v) is 62.3. The molecule has 93 heavy (non-hydrogen) atoms. The summed E-state index contributed by atoms with van der Waals surface area (Å²) in [6.45, 7) is 9.51. The third-order valence-electron chi connectivity index (χ3n) is 17.6. The van der Waals surface area contributed by atoms with Crippen molar-refractivity contribution in [3.05, 3.63) is 0 Å². The SMILES string of the molecule is CCCCCCCCCCCCCCCCCCCCC(=O)OC[C@H](COP(=O)(O)OC[C@@H](O)COP(=O)(O)OC[C@@H](COC(=O)CCCCCCCCCC)OC(=O)CCCCCCCCC(C)C)OC(=O)CCCCCCCCCCCCCCCCC(C)CC. The van der Waals surface area contributed by atoms with Crippen LogP contribution in [0.2, 0.25) is 0 Å². The molecule has 0 saturated carbocycles. The number of ether oxygens (including phenoxy) is 4. The summed E-state index contributed by atoms with van der Waals surface area (Å²) in [5, 5.41) is 10.6. The van der Waals surface area contributed by atoms with Crippen LogP contribution in [0.3, 0.4) is 0 Å². The van der Waals surface area contributed by atoms with Gasteiger partial charge in [0.1, 0.15) is 19.3 Å². The van der Waals surface area contributed by atoms with Gasteiger partial charge in [0.05, 0.1) is 26.4 Å². The van der Waals surface area contributed by atoms with E-state index in [-0.39, 0.29) is 25.7 Å². The number of carbonyl (C=O) groups excluding carboxylic acids is 4. The Morgan fingerprint density at radius 3 is 0.817 bits per heavy atom. The van der Waals surface area contributed by atoms with E-state index in [4.69, 9.17) is 37.0 Å². The Morgan fingerprint density at radius 2 is 0.548 bits per heavy atom. The molecule has 19 heteroatoms. The van der Waals surface area contributed by atoms with E-state index in [1.165, 1.54) is 193 Å². The number of aliphatic hydroxyl groups excluding tert-OH is 1. The fourth-order valence-corrected chi connectivity index (χ4v) is 12.8. The average Bonchev–Trinajstić information content (AvgIpc) is 1.75. The first-order valence-corrected chi connectivity index (χ1v) is 41.5. The van der Waals surface area contributed by atoms with Gasteiger partial charge in [-0.1, -0.05) is 330 Å². The molecule has 0 bridgehead atoms. The molecule has 0 rings (SSSR count). The van der Waals surface area contributed by atoms with Gasteiger partial charge >= 0.3 is 39.5 Å². The Balaban J connectivity index is 5.18. The van der Waals surface area contributed by atoms with Crippen molar-refractivity contribution < 1.29 is 80.2 Å². The minimum absolute atomic E-state index is 0.102. The molecule has 0 aromatic rings. The Labute approximate surface area is 568 Å². The lowest BCUT2D eigenvalue weighted by atomic mass is 9.99. The molecule has 0 saturated heterocycles. The average molecular weight is 1370 g/mol. The third kappa shape index (κ3) is 67.0. The van der Waals surface area contributed by atoms with Crippen LogP contribution in [0.25, 0.3) is 0 Å². The van der Waals surface area contributed by atoms with E-state index in [9.17, 15) is 43.2 Å². The highest BCUT2D eigenvalue weighted by Crippen LogP contribution is 2.45. The fraction of sp³-hybridized carbons (Fsp3) is 0.946. The number of aliphatic hydroxyl groups is 1. The van der Waals surface area contributed by atoms with Gasteiger partial charge in [0.2, 0.25) is 0 Å². The van der Waals surface area contributed by atoms with Gasteiger partial charge in [-0.15, -0.1) is 0 Å². The standard InChI is InChI=1S/C74H144O17P2/c1-7-10-12-14-16-18-19-20-21-22-23-24-28-31-34-38-45-51-57-72(77)85-62-69(90-73(78)58-52-46-39-35-32-29-26-25-27-30-33-36-43-49-55-67(6)9-3)64-88-92(80,81)86-60-68(75)61-87-93(82,83)89-65-70(63-84-71(76)56-50-44-37-17-15-13-11-8-2)91-74(79)59-53-47-41-40-42-48-54-66(4)5/h66-70,75H,7-65H2,1-6H3,(H,80,81)(H,82,83)/t67?,68-,69-,70-/m1/s1. The molecule has 0 radical (unpaired) electrons. The summed E-state index contributed by atoms with van der Waals surface area (Å²) in [4.78, 5) is 72.6. The lowest BCUT2D eigenvalue weighted by Gasteiger charge is -2.21. The predicted octanol–water partition coefficient (Wildman–Crippen LogP) is 21.6. The van der Waals surface area contributed by atoms with Crippen molar-refractivity contribution >= 4 is 39.5 Å². The van der Waals surface area contributed by atoms with Gasteiger partial charge in [0, 0.05) is 25.7 Å². The smallest absolute Gasteiger partial charge is 0.462 e. The van der Waals surface area contributed by atoms with Gasteiger partial charge in [0.25, 0.3) is 0 Å². The molecule has 6 atom stereocenters. The molecule has 0 aliphatic heterocycles. The summed E-state index contributed by atoms with van der Waals surface area (Å²) < 4.78 is 68.3. The number of hydrogen-bond donors (Lipinski definition) is 3. The first-order valence-electron chi connectivity index (χ1n) is 38.5. The van der Waals surface area contributed by atoms with E-state index in [2.05, 4.69) is 41.5 Å². The molecule has 3 unspecified atom stereocenters. The fourth-order valence-electron chi connectivity index (χ4n) is 11.3. The van der Waals surface area contributed by atoms with E-state index in [1.807, 2.05) is 0 Å². The zero-order valence-electron chi connectivity index (χ0n) is 60.6. The molecule has 3 N–H and O–H groups in total. The lowest BCUT2D eigenvalue weighted by Crippen LogP contribution is -2.30. The first-order chi connectivity index (χ1) is 44.9. The number of carbonyl (C=O) groups is 4. The minimum atomic E-state index is -4.96. The monoisotopic (exact) mass is 1370 g/mol. The summed E-state index contributed by atoms with van der Waals surface area (Å²) in [5.74, 6) is -0.610. The van der Waals surface area contributed by atoms with Crippen LogP contribution in [0.4, 0.5) is 0 Å². The van der Waals surface area contributed by atoms with Crippen molar-refractivity contribution in [3.63, 3.8) is 0 Å². The molecule has 0 fully saturated rings. The maximum atomic E-state index is 13.1. The van der Waals surface area contributed by atoms with Crippen LogP contribution in [0.5, 0.6) is 0 Å². The number of esters is 4. The van der Waals surface area contributed by atoms with Gasteiger partial charge in [-0.05, 0) is 37.5 Å². The highest BCUT2D eigenvalue weighted by atomic mass is 31.2. The van der Waals surface area contributed by atoms with Gasteiger partial charge in [-0.2, -0.15) is 0 Å². The van der Waals surface area contributed by atoms with E-state index in [0.29, 0.717) is 31.6 Å². The maximum absolute atomic E-state index is 13.1. The second-order valence-electron chi connectivity index (χ2n) is 27.4. The first kappa shape index (κ1) is 91.1. The normalized spacial score (nSPS) is 14.3. The van der Waals surface area contributed by atoms with Crippen LogP contribution in [0, 0.1) is 11.8 Å². The van der Waals surface area contributed by atoms with Crippen molar-refractivity contribution in [2.24, 2.45) is 11.8 Å². The van der Waals surface area contributed by atoms with Crippen LogP contribution in [-0.2, 0) is 65.4 Å². The number of hydrogen-bond acceptors (Lipinski definition) is 15. The summed E-state index contributed by atoms with van der Waals surface area (Å²) in [6.07, 6.45) is 53.0. The van der Waals surface area contributed by atoms with Gasteiger partial charge in [-0.25, -0.2) is 9.13 Å². The van der Waals surface area contributed by atoms with Crippen molar-refractivity contribution in [3.8, 4) is 0 Å². The number of unbranched alkanes of at least 4 members (excludes halogenated alkanes) is 42. The highest BCUT2D eigenvalue weighted by molar-refractivity contribution is 7.47. The lowest BCUT2D eigenvalue weighted by molar-refractivity contribution is -0.161. The van der Waals surface area contributed by atoms with Gasteiger partial charge in [0.15, 0.2) is 12.2 Å². The molecule has 0 heterocycles. The number of phosphoric ester groups is 2. The highest BCUT2D eigenvalue weighted by Gasteiger charge is 2.30. The Bertz CT molecular complexity index is 1810. The molecule has 0 aliphatic carbocycles. The summed E-state index contributed by atoms with van der Waals surface area (Å²) in [7, 11) is -9.90. The topological polar surface area (TPSA) is 237 Å². The van der Waals surface area contributed by atoms with Crippen LogP contribution >= 0.6 is 15.6 Å². The Hall–Kier alpha value is -1.94. The predicted molar refractivity (Wildman–Crippen MR) is 377 cm³/mol. The van der Waals surface area contributed by atoms with Crippen LogP contribution in [0.1, 0.15) is 382 Å². The zero-order chi connectivity index (χ0) is 68.6. The van der Waals surface area contributed by atoms with E-state index in [1.54, 1.807) is 0 Å². The van der Waals surface area contributed by atoms with Crippen LogP contribution in [-0.4, -0.2) is 96.7 Å². The molecule has 552 valence electrons. The molecule has 0 amide bonds. The molecule has 17 nitrogen and oxygen atoms in total. The van der Waals surface area contributed by atoms with Crippen molar-refractivity contribution in [2.45, 2.75) is 400 Å². The minimum Gasteiger partial charge on any atom is -0.462 e. The third-order valence-corrected chi connectivity index (χ3v) is 19.5. The van der Waals surface area contributed by atoms with E-state index < -0.39 is 97.5 Å². The molecule has 0 aromatic carbocycles. The molecule has 0 aliphatic rings. The Kier molecular flexibility index (Phi) is 64.6. The maximum Gasteiger partial charge on any atom is 0.472 e. The summed E-state index contributed by atoms with van der Waals surface area (Å²) in [6, 6.07) is 0. The summed E-state index contributed by atoms with van der Waals surface area (Å²) >= 11 is 0. The van der Waals surface area contributed by atoms with Gasteiger partial charge < -0.3 is 33.8 Å². The number of phosphoric acid groups is 2. The Morgan fingerprint density at radius 1 is 0.312 bits per heavy atom. The second-order valence-corrected chi connectivity index (χ2v) is 30.3. The number of rotatable bonds is 73. The van der Waals surface area contributed by atoms with E-state index in [0.717, 1.165) is 102 Å². The molecule has 0 aromatic heterocycles. The van der Waals surface area contributed by atoms with Crippen molar-refractivity contribution in [1.82, 2.24) is 0 Å². The molecule has 0 spiro atoms. The second kappa shape index (κ2) is 66.0. The molecular formula is C74H144O17P2. The van der Waals surface area contributed by atoms with Crippen molar-refractivity contribution in [2.75, 3.05) is 39.6 Å². The largest absolute Gasteiger partial charge is 0.472 e. The molecular weight excluding hydrogens is 1220 g/mol.